The van der Waals surface area contributed by atoms with E-state index < -0.39 is 8.07 Å². The van der Waals surface area contributed by atoms with Gasteiger partial charge in [0, 0.05) is 50.0 Å². The number of benzene rings is 8. The van der Waals surface area contributed by atoms with E-state index in [4.69, 9.17) is 9.72 Å². The van der Waals surface area contributed by atoms with Crippen LogP contribution in [-0.2, 0) is 37.3 Å². The van der Waals surface area contributed by atoms with E-state index in [2.05, 4.69) is 266 Å². The summed E-state index contributed by atoms with van der Waals surface area (Å²) in [5.41, 5.74) is 12.4. The number of anilines is 2. The van der Waals surface area contributed by atoms with E-state index in [1.807, 2.05) is 18.3 Å². The Labute approximate surface area is 463 Å². The summed E-state index contributed by atoms with van der Waals surface area (Å²) >= 11 is 0. The summed E-state index contributed by atoms with van der Waals surface area (Å²) in [4.78, 5) is 7.20. The van der Waals surface area contributed by atoms with Crippen LogP contribution in [0.1, 0.15) is 79.0 Å². The van der Waals surface area contributed by atoms with E-state index in [9.17, 15) is 0 Å². The second-order valence-electron chi connectivity index (χ2n) is 24.7. The van der Waals surface area contributed by atoms with Crippen molar-refractivity contribution in [2.75, 3.05) is 4.90 Å². The van der Waals surface area contributed by atoms with Gasteiger partial charge in [0.05, 0.1) is 8.07 Å². The molecule has 0 fully saturated rings. The molecule has 0 atom stereocenters. The number of hydrogen-bond acceptors (Lipinski definition) is 3. The second kappa shape index (κ2) is 18.6. The molecule has 4 heterocycles. The smallest absolute Gasteiger partial charge is 0.135 e. The number of hydrogen-bond donors (Lipinski definition) is 0. The maximum absolute atomic E-state index is 6.82. The van der Waals surface area contributed by atoms with Gasteiger partial charge in [-0.2, -0.15) is 12.1 Å². The topological polar surface area (TPSA) is 35.2 Å². The van der Waals surface area contributed by atoms with Crippen molar-refractivity contribution in [2.45, 2.75) is 98.2 Å². The van der Waals surface area contributed by atoms with Crippen LogP contribution in [0, 0.1) is 18.8 Å². The Kier molecular flexibility index (Phi) is 12.5. The van der Waals surface area contributed by atoms with Crippen LogP contribution in [0.4, 0.5) is 11.4 Å². The third-order valence-corrected chi connectivity index (χ3v) is 17.3. The van der Waals surface area contributed by atoms with Crippen LogP contribution in [0.15, 0.2) is 170 Å². The standard InChI is InChI=1S/C69H65N4OSi.Pt/c1-67(2,3)45-30-32-55-58-26-18-25-52(44-36-47(69(7,8)9)38-51(37-44)75(10,11)12)65(58)72-43-71(62-29-19-27-59(66(62)72)53-22-13-14-23-54(53)60(55)39-45)48-20-17-21-49(41-48)74-50-31-33-57-56-24-15-16-28-61(56)73(63(57)42-50)64-40-46(34-35-70-64)68(4,5)6;/h13-40,43H,1-12H3;/q-3;. The van der Waals surface area contributed by atoms with E-state index in [0.717, 1.165) is 55.4 Å². The minimum Gasteiger partial charge on any atom is -0.509 e. The number of para-hydroxylation sites is 3. The average molecular weight is 1190 g/mol. The molecular formula is C69H65N4OPtSi-3. The van der Waals surface area contributed by atoms with Crippen LogP contribution in [0.3, 0.4) is 0 Å². The Hall–Kier alpha value is -7.11. The fourth-order valence-corrected chi connectivity index (χ4v) is 12.2. The van der Waals surface area contributed by atoms with Crippen molar-refractivity contribution in [3.63, 3.8) is 0 Å². The number of rotatable bonds is 6. The molecule has 0 saturated heterocycles. The summed E-state index contributed by atoms with van der Waals surface area (Å²) in [6, 6.07) is 67.8. The molecule has 11 aromatic rings. The Morgan fingerprint density at radius 2 is 1.11 bits per heavy atom. The van der Waals surface area contributed by atoms with Gasteiger partial charge in [0.25, 0.3) is 0 Å². The van der Waals surface area contributed by atoms with Gasteiger partial charge < -0.3 is 18.8 Å². The molecule has 0 aliphatic carbocycles. The minimum atomic E-state index is -1.76. The first-order chi connectivity index (χ1) is 35.7. The molecule has 8 aromatic carbocycles. The Bertz CT molecular complexity index is 4160. The SMILES string of the molecule is CC(C)(C)c1cc(-c2cccc3c4ccc(C(C)(C)C)cc4c4ccccc4c4cccc5c4n(c23)[CH-]N5c2[c-]c(Oc3[c-]c4c(cc3)c3ccccc3n4-c3cc(C(C)(C)C)ccn3)ccc2)cc([Si](C)(C)C)c1.[Pt]. The van der Waals surface area contributed by atoms with Crippen molar-refractivity contribution in [2.24, 2.45) is 0 Å². The number of aromatic nitrogens is 3. The van der Waals surface area contributed by atoms with E-state index in [1.54, 1.807) is 0 Å². The zero-order valence-corrected chi connectivity index (χ0v) is 49.0. The number of ether oxygens (including phenoxy) is 1. The molecule has 0 spiro atoms. The first-order valence-electron chi connectivity index (χ1n) is 26.4. The molecule has 76 heavy (non-hydrogen) atoms. The van der Waals surface area contributed by atoms with Crippen molar-refractivity contribution in [1.29, 1.82) is 0 Å². The maximum Gasteiger partial charge on any atom is 0.135 e. The minimum absolute atomic E-state index is 0. The molecule has 0 N–H and O–H groups in total. The zero-order chi connectivity index (χ0) is 52.3. The molecule has 0 saturated carbocycles. The normalized spacial score (nSPS) is 13.0. The van der Waals surface area contributed by atoms with Crippen LogP contribution in [0.5, 0.6) is 11.5 Å². The number of fused-ring (bicyclic) bond motifs is 10. The van der Waals surface area contributed by atoms with E-state index in [0.29, 0.717) is 11.5 Å². The van der Waals surface area contributed by atoms with Crippen LogP contribution < -0.4 is 14.8 Å². The summed E-state index contributed by atoms with van der Waals surface area (Å²) in [6.45, 7) is 30.3. The Morgan fingerprint density at radius 1 is 0.500 bits per heavy atom. The largest absolute Gasteiger partial charge is 0.509 e. The quantitative estimate of drug-likeness (QED) is 0.123. The third-order valence-electron chi connectivity index (χ3n) is 15.3. The molecule has 0 unspecified atom stereocenters. The molecular weight excluding hydrogens is 1120 g/mol. The maximum atomic E-state index is 6.82. The number of pyridine rings is 1. The predicted molar refractivity (Wildman–Crippen MR) is 321 cm³/mol. The van der Waals surface area contributed by atoms with Gasteiger partial charge in [-0.1, -0.05) is 208 Å². The van der Waals surface area contributed by atoms with Crippen molar-refractivity contribution < 1.29 is 25.8 Å². The van der Waals surface area contributed by atoms with E-state index >= 15 is 0 Å². The molecule has 1 aliphatic heterocycles. The Balaban J connectivity index is 0.00000616. The molecule has 0 bridgehead atoms. The van der Waals surface area contributed by atoms with Gasteiger partial charge in [0.15, 0.2) is 0 Å². The molecule has 0 radical (unpaired) electrons. The first kappa shape index (κ1) is 51.0. The Morgan fingerprint density at radius 3 is 1.83 bits per heavy atom. The van der Waals surface area contributed by atoms with Crippen molar-refractivity contribution in [3.05, 3.63) is 205 Å². The zero-order valence-electron chi connectivity index (χ0n) is 45.8. The fraction of sp³-hybridized carbons (Fsp3) is 0.217. The molecule has 7 heteroatoms. The predicted octanol–water partition coefficient (Wildman–Crippen LogP) is 18.3. The summed E-state index contributed by atoms with van der Waals surface area (Å²) in [5, 5.41) is 10.9. The second-order valence-corrected chi connectivity index (χ2v) is 29.8. The van der Waals surface area contributed by atoms with Gasteiger partial charge in [-0.15, -0.1) is 35.7 Å². The van der Waals surface area contributed by atoms with Gasteiger partial charge in [0.1, 0.15) is 5.82 Å². The summed E-state index contributed by atoms with van der Waals surface area (Å²) < 4.78 is 11.5. The molecule has 0 amide bonds. The monoisotopic (exact) mass is 1190 g/mol. The summed E-state index contributed by atoms with van der Waals surface area (Å²) in [6.07, 6.45) is 1.91. The number of nitrogens with zero attached hydrogens (tertiary/aromatic N) is 4. The summed E-state index contributed by atoms with van der Waals surface area (Å²) in [5.74, 6) is 2.05. The summed E-state index contributed by atoms with van der Waals surface area (Å²) in [7, 11) is -1.76. The fourth-order valence-electron chi connectivity index (χ4n) is 11.1. The van der Waals surface area contributed by atoms with Crippen LogP contribution >= 0.6 is 0 Å². The van der Waals surface area contributed by atoms with Crippen LogP contribution in [0.2, 0.25) is 19.6 Å². The van der Waals surface area contributed by atoms with Gasteiger partial charge in [-0.25, -0.2) is 4.98 Å². The molecule has 12 rings (SSSR count). The van der Waals surface area contributed by atoms with Crippen molar-refractivity contribution in [3.8, 4) is 28.4 Å². The van der Waals surface area contributed by atoms with E-state index in [1.165, 1.54) is 59.9 Å². The first-order valence-corrected chi connectivity index (χ1v) is 29.9. The van der Waals surface area contributed by atoms with Gasteiger partial charge >= 0.3 is 0 Å². The van der Waals surface area contributed by atoms with Crippen LogP contribution in [0.25, 0.3) is 82.1 Å². The van der Waals surface area contributed by atoms with Gasteiger partial charge in [0.2, 0.25) is 0 Å². The van der Waals surface area contributed by atoms with Gasteiger partial charge in [-0.05, 0) is 124 Å². The third kappa shape index (κ3) is 8.87. The van der Waals surface area contributed by atoms with E-state index in [-0.39, 0.29) is 37.3 Å². The average Bonchev–Trinajstić information content (AvgIpc) is 4.02. The molecule has 3 aromatic heterocycles. The van der Waals surface area contributed by atoms with Gasteiger partial charge in [-0.3, -0.25) is 0 Å². The molecule has 384 valence electrons. The molecule has 5 nitrogen and oxygen atoms in total. The van der Waals surface area contributed by atoms with Crippen molar-refractivity contribution >= 4 is 89.8 Å². The van der Waals surface area contributed by atoms with Crippen LogP contribution in [-0.4, -0.2) is 22.2 Å². The van der Waals surface area contributed by atoms with Crippen molar-refractivity contribution in [1.82, 2.24) is 14.1 Å². The molecule has 1 aliphatic rings.